The highest BCUT2D eigenvalue weighted by Crippen LogP contribution is 2.41. The number of likely N-dealkylation sites (N-methyl/N-ethyl adjacent to an activating group) is 1. The molecule has 0 bridgehead atoms. The molecule has 5 rings (SSSR count). The largest absolute Gasteiger partial charge is 0.480 e. The van der Waals surface area contributed by atoms with Crippen molar-refractivity contribution in [3.8, 4) is 0 Å². The third-order valence-electron chi connectivity index (χ3n) is 8.37. The first-order valence-corrected chi connectivity index (χ1v) is 18.2. The summed E-state index contributed by atoms with van der Waals surface area (Å²) in [6, 6.07) is 0.605. The van der Waals surface area contributed by atoms with E-state index in [1.165, 1.54) is 57.4 Å². The van der Waals surface area contributed by atoms with Gasteiger partial charge in [-0.3, -0.25) is 38.6 Å². The number of β-lactam (4-membered cyclic amide) rings is 1. The summed E-state index contributed by atoms with van der Waals surface area (Å²) in [4.78, 5) is 105. The molecule has 2 saturated heterocycles. The minimum Gasteiger partial charge on any atom is -0.480 e. The number of thioether (sulfide) groups is 2. The van der Waals surface area contributed by atoms with E-state index in [1.54, 1.807) is 14.0 Å². The van der Waals surface area contributed by atoms with Crippen LogP contribution in [0, 0.1) is 0 Å². The van der Waals surface area contributed by atoms with Crippen molar-refractivity contribution in [1.82, 2.24) is 45.5 Å². The van der Waals surface area contributed by atoms with E-state index in [0.717, 1.165) is 4.90 Å². The summed E-state index contributed by atoms with van der Waals surface area (Å²) >= 11 is 2.41. The number of fused-ring (bicyclic) bond motifs is 1. The lowest BCUT2D eigenvalue weighted by Gasteiger charge is -2.49. The molecule has 3 aliphatic rings. The Kier molecular flexibility index (Phi) is 12.4. The summed E-state index contributed by atoms with van der Waals surface area (Å²) in [7, 11) is 1.62. The zero-order valence-electron chi connectivity index (χ0n) is 28.7. The third kappa shape index (κ3) is 8.55. The Hall–Kier alpha value is -5.75. The van der Waals surface area contributed by atoms with Gasteiger partial charge in [-0.2, -0.15) is 0 Å². The molecular weight excluding hydrogens is 755 g/mol. The van der Waals surface area contributed by atoms with Crippen molar-refractivity contribution in [3.63, 3.8) is 0 Å². The number of nitrogens with two attached hydrogens (primary N) is 1. The first-order valence-electron chi connectivity index (χ1n) is 16.2. The quantitative estimate of drug-likeness (QED) is 0.0472. The molecule has 54 heavy (non-hydrogen) atoms. The highest BCUT2D eigenvalue weighted by atomic mass is 32.2. The number of nitrogens with zero attached hydrogens (tertiary/aromatic N) is 7. The second-order valence-electron chi connectivity index (χ2n) is 11.9. The van der Waals surface area contributed by atoms with Crippen LogP contribution in [0.5, 0.6) is 0 Å². The number of rotatable bonds is 15. The van der Waals surface area contributed by atoms with Crippen LogP contribution < -0.4 is 21.7 Å². The number of urea groups is 1. The summed E-state index contributed by atoms with van der Waals surface area (Å²) in [5.41, 5.74) is 5.96. The molecule has 24 heteroatoms. The van der Waals surface area contributed by atoms with Crippen LogP contribution >= 0.6 is 23.5 Å². The van der Waals surface area contributed by atoms with Crippen molar-refractivity contribution in [2.45, 2.75) is 35.6 Å². The third-order valence-corrected chi connectivity index (χ3v) is 10.8. The molecular formula is C30H35N11O11S2. The molecule has 6 amide bonds. The normalized spacial score (nSPS) is 19.4. The highest BCUT2D eigenvalue weighted by molar-refractivity contribution is 8.01. The summed E-state index contributed by atoms with van der Waals surface area (Å²) in [5.74, 6) is -6.76. The Morgan fingerprint density at radius 1 is 1.13 bits per heavy atom. The standard InChI is InChI=1S/C30H35N11O11S2/c1-3-39-7-8-40(25(46)24(39)45)29(51)34-19(14-5-4-6-16(9-14)32-10-18(42)52-11-17(31)27(47)48)22(43)33-20-23(44)41-21(28(49)50)15(12-53-26(20)41)13-54-30-35-36-37-38(30)2/h4-6,9,17,19-20,26,32H,3,7-8,10-13,31H2,1-2H3,(H,33,43)(H,34,51)(H,47,48)(H,49,50)/t17-,19-,20-,26-/m1/s1. The molecule has 288 valence electrons. The van der Waals surface area contributed by atoms with E-state index in [0.29, 0.717) is 15.6 Å². The zero-order chi connectivity index (χ0) is 39.3. The number of carbonyl (C=O) groups excluding carboxylic acids is 6. The molecule has 0 saturated carbocycles. The van der Waals surface area contributed by atoms with Gasteiger partial charge in [-0.25, -0.2) is 14.3 Å². The van der Waals surface area contributed by atoms with Gasteiger partial charge < -0.3 is 41.5 Å². The van der Waals surface area contributed by atoms with Crippen LogP contribution in [0.2, 0.25) is 0 Å². The van der Waals surface area contributed by atoms with Gasteiger partial charge in [0.05, 0.1) is 0 Å². The molecule has 4 atom stereocenters. The highest BCUT2D eigenvalue weighted by Gasteiger charge is 2.54. The number of hydrogen-bond donors (Lipinski definition) is 6. The molecule has 7 N–H and O–H groups in total. The number of carboxylic acids is 2. The molecule has 4 heterocycles. The number of nitrogens with one attached hydrogen (secondary N) is 3. The van der Waals surface area contributed by atoms with Crippen LogP contribution in [-0.2, 0) is 45.3 Å². The molecule has 3 aliphatic heterocycles. The second kappa shape index (κ2) is 16.9. The fourth-order valence-electron chi connectivity index (χ4n) is 5.51. The molecule has 0 radical (unpaired) electrons. The van der Waals surface area contributed by atoms with E-state index in [9.17, 15) is 43.5 Å². The first kappa shape index (κ1) is 39.5. The van der Waals surface area contributed by atoms with Gasteiger partial charge in [0.25, 0.3) is 5.91 Å². The number of carboxylic acid groups (broad SMARTS) is 2. The molecule has 0 unspecified atom stereocenters. The first-order chi connectivity index (χ1) is 25.7. The predicted octanol–water partition coefficient (Wildman–Crippen LogP) is -2.45. The topological polar surface area (TPSA) is 302 Å². The fraction of sp³-hybridized carbons (Fsp3) is 0.433. The van der Waals surface area contributed by atoms with Gasteiger partial charge in [0.1, 0.15) is 42.3 Å². The van der Waals surface area contributed by atoms with Crippen molar-refractivity contribution >= 4 is 76.8 Å². The molecule has 1 aromatic heterocycles. The summed E-state index contributed by atoms with van der Waals surface area (Å²) in [6.45, 7) is 0.832. The number of esters is 1. The number of ether oxygens (including phenoxy) is 1. The number of tetrazole rings is 1. The van der Waals surface area contributed by atoms with Gasteiger partial charge in [-0.05, 0) is 40.6 Å². The number of imide groups is 1. The SMILES string of the molecule is CCN1CCN(C(=O)N[C@@H](C(=O)N[C@@H]2C(=O)N3C(C(=O)O)=C(CSc4nnnn4C)CS[C@H]23)c2cccc(NCC(=O)OC[C@@H](N)C(=O)O)c2)C(=O)C1=O. The zero-order valence-corrected chi connectivity index (χ0v) is 30.3. The molecule has 2 aromatic rings. The lowest BCUT2D eigenvalue weighted by molar-refractivity contribution is -0.153. The maximum absolute atomic E-state index is 14.0. The van der Waals surface area contributed by atoms with E-state index >= 15 is 0 Å². The number of amides is 6. The van der Waals surface area contributed by atoms with Crippen molar-refractivity contribution in [1.29, 1.82) is 0 Å². The van der Waals surface area contributed by atoms with E-state index < -0.39 is 84.2 Å². The van der Waals surface area contributed by atoms with Crippen molar-refractivity contribution < 1.29 is 53.3 Å². The van der Waals surface area contributed by atoms with Crippen molar-refractivity contribution in [3.05, 3.63) is 41.1 Å². The molecule has 0 spiro atoms. The van der Waals surface area contributed by atoms with Crippen LogP contribution in [0.25, 0.3) is 0 Å². The van der Waals surface area contributed by atoms with Crippen LogP contribution in [0.4, 0.5) is 10.5 Å². The summed E-state index contributed by atoms with van der Waals surface area (Å²) < 4.78 is 6.27. The van der Waals surface area contributed by atoms with Crippen LogP contribution in [0.15, 0.2) is 40.7 Å². The Bertz CT molecular complexity index is 1910. The number of carbonyl (C=O) groups is 8. The van der Waals surface area contributed by atoms with Gasteiger partial charge >= 0.3 is 35.8 Å². The van der Waals surface area contributed by atoms with Gasteiger partial charge in [0.2, 0.25) is 11.1 Å². The Labute approximate surface area is 314 Å². The minimum atomic E-state index is -1.57. The Morgan fingerprint density at radius 2 is 1.89 bits per heavy atom. The number of piperazine rings is 1. The minimum absolute atomic E-state index is 0.0684. The molecule has 22 nitrogen and oxygen atoms in total. The van der Waals surface area contributed by atoms with E-state index in [4.69, 9.17) is 15.6 Å². The average molecular weight is 790 g/mol. The van der Waals surface area contributed by atoms with E-state index in [2.05, 4.69) is 31.5 Å². The van der Waals surface area contributed by atoms with Crippen LogP contribution in [0.3, 0.4) is 0 Å². The summed E-state index contributed by atoms with van der Waals surface area (Å²) in [6.07, 6.45) is 0. The van der Waals surface area contributed by atoms with Gasteiger partial charge in [0.15, 0.2) is 0 Å². The number of aliphatic carboxylic acids is 2. The monoisotopic (exact) mass is 789 g/mol. The number of benzene rings is 1. The maximum atomic E-state index is 14.0. The van der Waals surface area contributed by atoms with Crippen molar-refractivity contribution in [2.24, 2.45) is 12.8 Å². The van der Waals surface area contributed by atoms with Gasteiger partial charge in [0, 0.05) is 43.9 Å². The predicted molar refractivity (Wildman–Crippen MR) is 186 cm³/mol. The molecule has 1 aromatic carbocycles. The van der Waals surface area contributed by atoms with E-state index in [1.807, 2.05) is 0 Å². The number of anilines is 1. The van der Waals surface area contributed by atoms with Crippen LogP contribution in [-0.4, -0.2) is 154 Å². The lowest BCUT2D eigenvalue weighted by atomic mass is 10.0. The maximum Gasteiger partial charge on any atom is 0.352 e. The molecule has 0 aliphatic carbocycles. The Morgan fingerprint density at radius 3 is 2.56 bits per heavy atom. The average Bonchev–Trinajstić information content (AvgIpc) is 3.57. The lowest BCUT2D eigenvalue weighted by Crippen LogP contribution is -2.71. The second-order valence-corrected chi connectivity index (χ2v) is 13.9. The summed E-state index contributed by atoms with van der Waals surface area (Å²) in [5, 5.41) is 37.6. The number of aryl methyl sites for hydroxylation is 1. The van der Waals surface area contributed by atoms with Gasteiger partial charge in [-0.1, -0.05) is 23.9 Å². The fourth-order valence-corrected chi connectivity index (χ4v) is 7.84. The molecule has 2 fully saturated rings. The number of hydrogen-bond acceptors (Lipinski definition) is 16. The number of aromatic nitrogens is 4. The Balaban J connectivity index is 1.33. The van der Waals surface area contributed by atoms with Crippen LogP contribution in [0.1, 0.15) is 18.5 Å². The van der Waals surface area contributed by atoms with E-state index in [-0.39, 0.29) is 48.1 Å². The van der Waals surface area contributed by atoms with Crippen molar-refractivity contribution in [2.75, 3.05) is 49.6 Å². The van der Waals surface area contributed by atoms with Gasteiger partial charge in [-0.15, -0.1) is 16.9 Å². The smallest absolute Gasteiger partial charge is 0.352 e.